The zero-order chi connectivity index (χ0) is 15.1. The summed E-state index contributed by atoms with van der Waals surface area (Å²) in [5.41, 5.74) is 1.06. The molecule has 0 bridgehead atoms. The van der Waals surface area contributed by atoms with E-state index in [1.165, 1.54) is 4.88 Å². The van der Waals surface area contributed by atoms with Crippen LogP contribution in [0.5, 0.6) is 0 Å². The number of nitrogens with zero attached hydrogens (tertiary/aromatic N) is 2. The van der Waals surface area contributed by atoms with Gasteiger partial charge in [-0.15, -0.1) is 11.3 Å². The summed E-state index contributed by atoms with van der Waals surface area (Å²) in [5, 5.41) is 10.6. The largest absolute Gasteiger partial charge is 0.383 e. The molecule has 1 N–H and O–H groups in total. The van der Waals surface area contributed by atoms with Crippen molar-refractivity contribution in [2.75, 3.05) is 20.8 Å². The first-order valence-electron chi connectivity index (χ1n) is 7.16. The summed E-state index contributed by atoms with van der Waals surface area (Å²) in [6, 6.07) is 4.51. The van der Waals surface area contributed by atoms with E-state index in [1.54, 1.807) is 13.3 Å². The molecular weight excluding hydrogens is 306 g/mol. The number of thiophene rings is 1. The molecule has 0 amide bonds. The van der Waals surface area contributed by atoms with E-state index in [2.05, 4.69) is 27.9 Å². The van der Waals surface area contributed by atoms with Crippen LogP contribution in [0.15, 0.2) is 23.7 Å². The third kappa shape index (κ3) is 4.54. The van der Waals surface area contributed by atoms with Crippen molar-refractivity contribution in [3.05, 3.63) is 39.3 Å². The van der Waals surface area contributed by atoms with Crippen LogP contribution in [0.25, 0.3) is 0 Å². The van der Waals surface area contributed by atoms with Crippen LogP contribution < -0.4 is 5.32 Å². The number of hydrogen-bond donors (Lipinski definition) is 1. The molecule has 1 unspecified atom stereocenters. The van der Waals surface area contributed by atoms with E-state index in [4.69, 9.17) is 16.3 Å². The van der Waals surface area contributed by atoms with E-state index in [0.29, 0.717) is 6.61 Å². The van der Waals surface area contributed by atoms with Crippen molar-refractivity contribution in [1.82, 2.24) is 15.1 Å². The third-order valence-electron chi connectivity index (χ3n) is 3.52. The van der Waals surface area contributed by atoms with Crippen molar-refractivity contribution < 1.29 is 4.74 Å². The van der Waals surface area contributed by atoms with Crippen LogP contribution >= 0.6 is 22.9 Å². The predicted molar refractivity (Wildman–Crippen MR) is 88.2 cm³/mol. The fourth-order valence-corrected chi connectivity index (χ4v) is 3.45. The predicted octanol–water partition coefficient (Wildman–Crippen LogP) is 3.53. The molecule has 2 rings (SSSR count). The number of rotatable bonds is 9. The number of aromatic nitrogens is 2. The van der Waals surface area contributed by atoms with Gasteiger partial charge in [-0.2, -0.15) is 5.10 Å². The number of nitrogens with one attached hydrogen (secondary N) is 1. The van der Waals surface area contributed by atoms with Gasteiger partial charge in [0.25, 0.3) is 0 Å². The van der Waals surface area contributed by atoms with E-state index in [-0.39, 0.29) is 6.04 Å². The van der Waals surface area contributed by atoms with Gasteiger partial charge in [0.15, 0.2) is 0 Å². The highest BCUT2D eigenvalue weighted by Gasteiger charge is 2.18. The molecule has 0 aliphatic rings. The molecular formula is C15H22ClN3OS. The van der Waals surface area contributed by atoms with Crippen LogP contribution in [-0.4, -0.2) is 30.5 Å². The van der Waals surface area contributed by atoms with Gasteiger partial charge < -0.3 is 10.1 Å². The monoisotopic (exact) mass is 327 g/mol. The van der Waals surface area contributed by atoms with E-state index >= 15 is 0 Å². The first-order chi connectivity index (χ1) is 10.3. The van der Waals surface area contributed by atoms with Crippen LogP contribution in [0.3, 0.4) is 0 Å². The second-order valence-electron chi connectivity index (χ2n) is 4.91. The van der Waals surface area contributed by atoms with E-state index in [9.17, 15) is 0 Å². The standard InChI is InChI=1S/C15H22ClN3OS/c1-17-14(7-3-5-12-6-4-10-21-12)15-13(16)11-18-19(15)8-9-20-2/h4,6,10-11,14,17H,3,5,7-9H2,1-2H3. The Morgan fingerprint density at radius 3 is 3.05 bits per heavy atom. The molecule has 0 saturated carbocycles. The van der Waals surface area contributed by atoms with Gasteiger partial charge in [-0.1, -0.05) is 17.7 Å². The van der Waals surface area contributed by atoms with Gasteiger partial charge in [0, 0.05) is 12.0 Å². The van der Waals surface area contributed by atoms with E-state index < -0.39 is 0 Å². The molecule has 0 aromatic carbocycles. The summed E-state index contributed by atoms with van der Waals surface area (Å²) in [6.07, 6.45) is 4.99. The number of halogens is 1. The molecule has 0 saturated heterocycles. The third-order valence-corrected chi connectivity index (χ3v) is 4.74. The Morgan fingerprint density at radius 1 is 1.52 bits per heavy atom. The van der Waals surface area contributed by atoms with Crippen molar-refractivity contribution >= 4 is 22.9 Å². The molecule has 2 aromatic rings. The average Bonchev–Trinajstić information content (AvgIpc) is 3.12. The topological polar surface area (TPSA) is 39.1 Å². The zero-order valence-corrected chi connectivity index (χ0v) is 14.1. The van der Waals surface area contributed by atoms with Crippen LogP contribution in [0.1, 0.15) is 29.5 Å². The molecule has 2 heterocycles. The summed E-state index contributed by atoms with van der Waals surface area (Å²) in [7, 11) is 3.67. The maximum Gasteiger partial charge on any atom is 0.0834 e. The SMILES string of the molecule is CNC(CCCc1cccs1)c1c(Cl)cnn1CCOC. The lowest BCUT2D eigenvalue weighted by Gasteiger charge is -2.18. The molecule has 1 atom stereocenters. The highest BCUT2D eigenvalue weighted by molar-refractivity contribution is 7.09. The van der Waals surface area contributed by atoms with Gasteiger partial charge in [-0.25, -0.2) is 0 Å². The van der Waals surface area contributed by atoms with Gasteiger partial charge in [0.1, 0.15) is 0 Å². The second kappa shape index (κ2) is 8.54. The maximum absolute atomic E-state index is 6.31. The van der Waals surface area contributed by atoms with Crippen molar-refractivity contribution in [3.8, 4) is 0 Å². The zero-order valence-electron chi connectivity index (χ0n) is 12.5. The summed E-state index contributed by atoms with van der Waals surface area (Å²) in [6.45, 7) is 1.36. The van der Waals surface area contributed by atoms with Crippen LogP contribution in [-0.2, 0) is 17.7 Å². The number of ether oxygens (including phenoxy) is 1. The lowest BCUT2D eigenvalue weighted by Crippen LogP contribution is -2.22. The highest BCUT2D eigenvalue weighted by Crippen LogP contribution is 2.27. The quantitative estimate of drug-likeness (QED) is 0.765. The Bertz CT molecular complexity index is 527. The Morgan fingerprint density at radius 2 is 2.38 bits per heavy atom. The van der Waals surface area contributed by atoms with E-state index in [1.807, 2.05) is 23.1 Å². The first-order valence-corrected chi connectivity index (χ1v) is 8.41. The van der Waals surface area contributed by atoms with Crippen molar-refractivity contribution in [2.24, 2.45) is 0 Å². The van der Waals surface area contributed by atoms with E-state index in [0.717, 1.165) is 36.5 Å². The normalized spacial score (nSPS) is 12.7. The molecule has 21 heavy (non-hydrogen) atoms. The second-order valence-corrected chi connectivity index (χ2v) is 6.35. The van der Waals surface area contributed by atoms with Crippen molar-refractivity contribution in [1.29, 1.82) is 0 Å². The molecule has 0 aliphatic carbocycles. The lowest BCUT2D eigenvalue weighted by atomic mass is 10.1. The summed E-state index contributed by atoms with van der Waals surface area (Å²) < 4.78 is 7.07. The maximum atomic E-state index is 6.31. The van der Waals surface area contributed by atoms with Gasteiger partial charge in [0.05, 0.1) is 36.1 Å². The smallest absolute Gasteiger partial charge is 0.0834 e. The van der Waals surface area contributed by atoms with Gasteiger partial charge in [0.2, 0.25) is 0 Å². The number of aryl methyl sites for hydroxylation is 1. The minimum Gasteiger partial charge on any atom is -0.383 e. The Labute approximate surface area is 135 Å². The molecule has 116 valence electrons. The molecule has 4 nitrogen and oxygen atoms in total. The fraction of sp³-hybridized carbons (Fsp3) is 0.533. The minimum absolute atomic E-state index is 0.219. The fourth-order valence-electron chi connectivity index (χ4n) is 2.43. The molecule has 0 radical (unpaired) electrons. The molecule has 0 aliphatic heterocycles. The van der Waals surface area contributed by atoms with Crippen molar-refractivity contribution in [3.63, 3.8) is 0 Å². The summed E-state index contributed by atoms with van der Waals surface area (Å²) in [4.78, 5) is 1.43. The molecule has 2 aromatic heterocycles. The van der Waals surface area contributed by atoms with Crippen molar-refractivity contribution in [2.45, 2.75) is 31.8 Å². The highest BCUT2D eigenvalue weighted by atomic mass is 35.5. The Balaban J connectivity index is 1.97. The number of methoxy groups -OCH3 is 1. The van der Waals surface area contributed by atoms with Crippen LogP contribution in [0.4, 0.5) is 0 Å². The molecule has 6 heteroatoms. The minimum atomic E-state index is 0.219. The Hall–Kier alpha value is -0.880. The van der Waals surface area contributed by atoms with Crippen LogP contribution in [0.2, 0.25) is 5.02 Å². The number of hydrogen-bond acceptors (Lipinski definition) is 4. The van der Waals surface area contributed by atoms with Gasteiger partial charge in [-0.3, -0.25) is 4.68 Å². The van der Waals surface area contributed by atoms with Crippen LogP contribution in [0, 0.1) is 0 Å². The Kier molecular flexibility index (Phi) is 6.70. The average molecular weight is 328 g/mol. The molecule has 0 fully saturated rings. The first kappa shape index (κ1) is 16.5. The lowest BCUT2D eigenvalue weighted by molar-refractivity contribution is 0.181. The van der Waals surface area contributed by atoms with Gasteiger partial charge in [-0.05, 0) is 37.8 Å². The summed E-state index contributed by atoms with van der Waals surface area (Å²) in [5.74, 6) is 0. The summed E-state index contributed by atoms with van der Waals surface area (Å²) >= 11 is 8.13. The molecule has 0 spiro atoms. The van der Waals surface area contributed by atoms with Gasteiger partial charge >= 0.3 is 0 Å².